The fourth-order valence-corrected chi connectivity index (χ4v) is 3.03. The Morgan fingerprint density at radius 1 is 1.46 bits per heavy atom. The van der Waals surface area contributed by atoms with Gasteiger partial charge in [0.1, 0.15) is 0 Å². The molecule has 24 heavy (non-hydrogen) atoms. The van der Waals surface area contributed by atoms with Gasteiger partial charge in [-0.25, -0.2) is 5.10 Å². The van der Waals surface area contributed by atoms with Crippen molar-refractivity contribution in [2.24, 2.45) is 5.41 Å². The van der Waals surface area contributed by atoms with Crippen LogP contribution in [0.5, 0.6) is 0 Å². The third kappa shape index (κ3) is 4.41. The first-order chi connectivity index (χ1) is 11.5. The minimum atomic E-state index is -0.930. The Bertz CT molecular complexity index is 624. The minimum absolute atomic E-state index is 0.0919. The van der Waals surface area contributed by atoms with Crippen molar-refractivity contribution in [3.63, 3.8) is 0 Å². The fourth-order valence-electron chi connectivity index (χ4n) is 3.03. The molecule has 0 aliphatic carbocycles. The topological polar surface area (TPSA) is 113 Å². The van der Waals surface area contributed by atoms with E-state index >= 15 is 0 Å². The monoisotopic (exact) mass is 337 g/mol. The number of ether oxygens (including phenoxy) is 1. The number of carboxylic acid groups (broad SMARTS) is 1. The lowest BCUT2D eigenvalue weighted by atomic mass is 9.77. The molecular weight excluding hydrogens is 314 g/mol. The number of carbonyl (C=O) groups excluding carboxylic acids is 1. The summed E-state index contributed by atoms with van der Waals surface area (Å²) in [5, 5.41) is 15.8. The molecule has 1 saturated heterocycles. The number of aliphatic carboxylic acids is 1. The number of rotatable bonds is 7. The van der Waals surface area contributed by atoms with Crippen LogP contribution in [0.25, 0.3) is 0 Å². The van der Waals surface area contributed by atoms with E-state index < -0.39 is 11.4 Å². The summed E-state index contributed by atoms with van der Waals surface area (Å²) in [4.78, 5) is 36.7. The molecule has 1 aliphatic rings. The Kier molecular flexibility index (Phi) is 6.08. The molecule has 2 heterocycles. The molecule has 1 atom stereocenters. The molecule has 0 bridgehead atoms. The molecule has 132 valence electrons. The minimum Gasteiger partial charge on any atom is -0.481 e. The van der Waals surface area contributed by atoms with Crippen molar-refractivity contribution in [3.8, 4) is 0 Å². The summed E-state index contributed by atoms with van der Waals surface area (Å²) in [6.07, 6.45) is 2.25. The highest BCUT2D eigenvalue weighted by molar-refractivity contribution is 5.79. The Morgan fingerprint density at radius 3 is 2.88 bits per heavy atom. The predicted octanol–water partition coefficient (Wildman–Crippen LogP) is 0.432. The van der Waals surface area contributed by atoms with E-state index in [9.17, 15) is 19.5 Å². The van der Waals surface area contributed by atoms with Gasteiger partial charge in [0.2, 0.25) is 5.91 Å². The summed E-state index contributed by atoms with van der Waals surface area (Å²) < 4.78 is 5.03. The second-order valence-electron chi connectivity index (χ2n) is 6.16. The highest BCUT2D eigenvalue weighted by atomic mass is 16.5. The molecule has 0 spiro atoms. The Morgan fingerprint density at radius 2 is 2.25 bits per heavy atom. The zero-order valence-electron chi connectivity index (χ0n) is 13.8. The first-order valence-corrected chi connectivity index (χ1v) is 8.01. The molecule has 1 aromatic heterocycles. The Labute approximate surface area is 139 Å². The second-order valence-corrected chi connectivity index (χ2v) is 6.16. The van der Waals surface area contributed by atoms with Crippen LogP contribution in [0.4, 0.5) is 0 Å². The standard InChI is InChI=1S/C16H23N3O5/c1-24-10-8-16(15(22)23)7-2-9-19(11-16)14(21)6-4-12-3-5-13(20)18-17-12/h3,5H,2,4,6-11H2,1H3,(H,18,20)(H,22,23)/t16-/m1/s1. The highest BCUT2D eigenvalue weighted by Crippen LogP contribution is 2.34. The van der Waals surface area contributed by atoms with Gasteiger partial charge in [0, 0.05) is 45.7 Å². The number of hydrogen-bond acceptors (Lipinski definition) is 5. The van der Waals surface area contributed by atoms with E-state index in [1.807, 2.05) is 0 Å². The normalized spacial score (nSPS) is 20.8. The number of aryl methyl sites for hydroxylation is 1. The lowest BCUT2D eigenvalue weighted by Crippen LogP contribution is -2.50. The number of hydrogen-bond donors (Lipinski definition) is 2. The van der Waals surface area contributed by atoms with Crippen LogP contribution in [0.3, 0.4) is 0 Å². The molecule has 1 aromatic rings. The highest BCUT2D eigenvalue weighted by Gasteiger charge is 2.43. The molecule has 1 amide bonds. The summed E-state index contributed by atoms with van der Waals surface area (Å²) in [5.41, 5.74) is -0.588. The average molecular weight is 337 g/mol. The Hall–Kier alpha value is -2.22. The van der Waals surface area contributed by atoms with E-state index in [0.29, 0.717) is 44.5 Å². The molecular formula is C16H23N3O5. The number of carbonyl (C=O) groups is 2. The van der Waals surface area contributed by atoms with Gasteiger partial charge in [-0.15, -0.1) is 0 Å². The van der Waals surface area contributed by atoms with Crippen molar-refractivity contribution in [2.75, 3.05) is 26.8 Å². The van der Waals surface area contributed by atoms with Gasteiger partial charge in [-0.3, -0.25) is 14.4 Å². The maximum absolute atomic E-state index is 12.4. The van der Waals surface area contributed by atoms with Crippen molar-refractivity contribution >= 4 is 11.9 Å². The predicted molar refractivity (Wildman–Crippen MR) is 85.6 cm³/mol. The van der Waals surface area contributed by atoms with Crippen LogP contribution in [0.15, 0.2) is 16.9 Å². The summed E-state index contributed by atoms with van der Waals surface area (Å²) >= 11 is 0. The summed E-state index contributed by atoms with van der Waals surface area (Å²) in [6.45, 7) is 1.14. The first-order valence-electron chi connectivity index (χ1n) is 8.01. The van der Waals surface area contributed by atoms with E-state index in [-0.39, 0.29) is 24.4 Å². The van der Waals surface area contributed by atoms with Gasteiger partial charge in [0.05, 0.1) is 11.1 Å². The number of aromatic nitrogens is 2. The van der Waals surface area contributed by atoms with Crippen LogP contribution in [-0.2, 0) is 20.7 Å². The zero-order chi connectivity index (χ0) is 17.6. The van der Waals surface area contributed by atoms with Crippen LogP contribution in [0.2, 0.25) is 0 Å². The molecule has 8 nitrogen and oxygen atoms in total. The largest absolute Gasteiger partial charge is 0.481 e. The number of piperidine rings is 1. The van der Waals surface area contributed by atoms with Gasteiger partial charge < -0.3 is 14.7 Å². The number of amides is 1. The van der Waals surface area contributed by atoms with Crippen LogP contribution in [0, 0.1) is 5.41 Å². The van der Waals surface area contributed by atoms with Crippen molar-refractivity contribution in [2.45, 2.75) is 32.1 Å². The summed E-state index contributed by atoms with van der Waals surface area (Å²) in [7, 11) is 1.54. The third-order valence-electron chi connectivity index (χ3n) is 4.50. The van der Waals surface area contributed by atoms with Gasteiger partial charge in [0.15, 0.2) is 0 Å². The van der Waals surface area contributed by atoms with Gasteiger partial charge in [-0.2, -0.15) is 5.10 Å². The van der Waals surface area contributed by atoms with Crippen LogP contribution >= 0.6 is 0 Å². The second kappa shape index (κ2) is 8.05. The van der Waals surface area contributed by atoms with Gasteiger partial charge in [-0.1, -0.05) is 0 Å². The maximum Gasteiger partial charge on any atom is 0.311 e. The number of carboxylic acids is 1. The molecule has 1 aliphatic heterocycles. The van der Waals surface area contributed by atoms with Crippen molar-refractivity contribution < 1.29 is 19.4 Å². The molecule has 0 unspecified atom stereocenters. The van der Waals surface area contributed by atoms with E-state index in [1.165, 1.54) is 6.07 Å². The van der Waals surface area contributed by atoms with Gasteiger partial charge in [0.25, 0.3) is 5.56 Å². The van der Waals surface area contributed by atoms with Crippen molar-refractivity contribution in [1.29, 1.82) is 0 Å². The van der Waals surface area contributed by atoms with E-state index in [1.54, 1.807) is 18.1 Å². The van der Waals surface area contributed by atoms with Gasteiger partial charge >= 0.3 is 5.97 Å². The quantitative estimate of drug-likeness (QED) is 0.746. The zero-order valence-corrected chi connectivity index (χ0v) is 13.8. The number of nitrogens with one attached hydrogen (secondary N) is 1. The van der Waals surface area contributed by atoms with Crippen LogP contribution in [0.1, 0.15) is 31.4 Å². The number of aromatic amines is 1. The molecule has 2 N–H and O–H groups in total. The maximum atomic E-state index is 12.4. The summed E-state index contributed by atoms with van der Waals surface area (Å²) in [5.74, 6) is -0.968. The van der Waals surface area contributed by atoms with E-state index in [2.05, 4.69) is 10.2 Å². The lowest BCUT2D eigenvalue weighted by molar-refractivity contribution is -0.156. The van der Waals surface area contributed by atoms with E-state index in [0.717, 1.165) is 0 Å². The fraction of sp³-hybridized carbons (Fsp3) is 0.625. The Balaban J connectivity index is 1.97. The average Bonchev–Trinajstić information content (AvgIpc) is 2.59. The number of methoxy groups -OCH3 is 1. The first kappa shape index (κ1) is 18.1. The van der Waals surface area contributed by atoms with E-state index in [4.69, 9.17) is 4.74 Å². The van der Waals surface area contributed by atoms with Gasteiger partial charge in [-0.05, 0) is 25.3 Å². The molecule has 1 fully saturated rings. The van der Waals surface area contributed by atoms with Crippen molar-refractivity contribution in [1.82, 2.24) is 15.1 Å². The lowest BCUT2D eigenvalue weighted by Gasteiger charge is -2.40. The molecule has 0 aromatic carbocycles. The SMILES string of the molecule is COCC[C@]1(C(=O)O)CCCN(C(=O)CCc2ccc(=O)[nH]n2)C1. The number of H-pyrrole nitrogens is 1. The van der Waals surface area contributed by atoms with Crippen LogP contribution in [-0.4, -0.2) is 58.9 Å². The van der Waals surface area contributed by atoms with Crippen LogP contribution < -0.4 is 5.56 Å². The molecule has 0 radical (unpaired) electrons. The summed E-state index contributed by atoms with van der Waals surface area (Å²) in [6, 6.07) is 2.95. The number of likely N-dealkylation sites (tertiary alicyclic amines) is 1. The molecule has 8 heteroatoms. The smallest absolute Gasteiger partial charge is 0.311 e. The third-order valence-corrected chi connectivity index (χ3v) is 4.50. The molecule has 0 saturated carbocycles. The molecule has 2 rings (SSSR count). The van der Waals surface area contributed by atoms with Crippen molar-refractivity contribution in [3.05, 3.63) is 28.2 Å². The number of nitrogens with zero attached hydrogens (tertiary/aromatic N) is 2.